The summed E-state index contributed by atoms with van der Waals surface area (Å²) in [5.74, 6) is 0. The summed E-state index contributed by atoms with van der Waals surface area (Å²) in [6.07, 6.45) is 0. The minimum Gasteiger partial charge on any atom is -0.266 e. The molecule has 1 aromatic heterocycles. The summed E-state index contributed by atoms with van der Waals surface area (Å²) >= 11 is 5.97. The van der Waals surface area contributed by atoms with Crippen LogP contribution in [0.15, 0.2) is 12.1 Å². The van der Waals surface area contributed by atoms with Crippen molar-refractivity contribution in [2.75, 3.05) is 0 Å². The molecule has 0 saturated heterocycles. The molecule has 0 N–H and O–H groups in total. The van der Waals surface area contributed by atoms with Crippen LogP contribution >= 0.6 is 11.6 Å². The lowest BCUT2D eigenvalue weighted by atomic mass is 10.1. The predicted molar refractivity (Wildman–Crippen MR) is 66.5 cm³/mol. The fourth-order valence-corrected chi connectivity index (χ4v) is 1.89. The number of hydrogen-bond acceptors (Lipinski definition) is 1. The molecule has 0 aliphatic carbocycles. The van der Waals surface area contributed by atoms with Gasteiger partial charge in [0.1, 0.15) is 0 Å². The van der Waals surface area contributed by atoms with E-state index in [0.717, 1.165) is 10.9 Å². The fraction of sp³-hybridized carbons (Fsp3) is 0.417. The molecule has 2 aromatic rings. The zero-order chi connectivity index (χ0) is 11.6. The molecule has 0 amide bonds. The predicted octanol–water partition coefficient (Wildman–Crippen LogP) is 3.87. The van der Waals surface area contributed by atoms with E-state index in [9.17, 15) is 0 Å². The van der Waals surface area contributed by atoms with Crippen LogP contribution < -0.4 is 0 Å². The van der Waals surface area contributed by atoms with Crippen molar-refractivity contribution in [2.24, 2.45) is 7.05 Å². The summed E-state index contributed by atoms with van der Waals surface area (Å²) in [5.41, 5.74) is 3.65. The number of hydrogen-bond donors (Lipinski definition) is 0. The first kappa shape index (κ1) is 12.1. The highest BCUT2D eigenvalue weighted by atomic mass is 35.5. The normalized spacial score (nSPS) is 10.0. The highest BCUT2D eigenvalue weighted by molar-refractivity contribution is 6.34. The van der Waals surface area contributed by atoms with Crippen LogP contribution in [0.4, 0.5) is 0 Å². The van der Waals surface area contributed by atoms with Gasteiger partial charge in [0.15, 0.2) is 5.15 Å². The van der Waals surface area contributed by atoms with E-state index in [-0.39, 0.29) is 0 Å². The number of nitrogens with zero attached hydrogens (tertiary/aromatic N) is 2. The fourth-order valence-electron chi connectivity index (χ4n) is 1.62. The Morgan fingerprint density at radius 1 is 1.20 bits per heavy atom. The minimum atomic E-state index is 0.584. The van der Waals surface area contributed by atoms with E-state index in [1.165, 1.54) is 11.1 Å². The molecule has 0 atom stereocenters. The molecule has 2 nitrogen and oxygen atoms in total. The first-order valence-electron chi connectivity index (χ1n) is 5.19. The third-order valence-electron chi connectivity index (χ3n) is 2.49. The van der Waals surface area contributed by atoms with E-state index in [1.807, 2.05) is 31.6 Å². The van der Waals surface area contributed by atoms with Crippen LogP contribution in [0, 0.1) is 13.8 Å². The average molecular weight is 225 g/mol. The van der Waals surface area contributed by atoms with E-state index < -0.39 is 0 Å². The summed E-state index contributed by atoms with van der Waals surface area (Å²) in [4.78, 5) is 0. The van der Waals surface area contributed by atoms with Gasteiger partial charge in [-0.05, 0) is 31.0 Å². The van der Waals surface area contributed by atoms with E-state index in [4.69, 9.17) is 11.6 Å². The van der Waals surface area contributed by atoms with Gasteiger partial charge in [-0.1, -0.05) is 31.5 Å². The summed E-state index contributed by atoms with van der Waals surface area (Å²) < 4.78 is 1.83. The molecule has 1 heterocycles. The van der Waals surface area contributed by atoms with Crippen LogP contribution in [0.3, 0.4) is 0 Å². The molecule has 0 spiro atoms. The van der Waals surface area contributed by atoms with Gasteiger partial charge in [-0.3, -0.25) is 4.68 Å². The third kappa shape index (κ3) is 2.00. The first-order valence-corrected chi connectivity index (χ1v) is 5.57. The number of fused-ring (bicyclic) bond motifs is 1. The Kier molecular flexibility index (Phi) is 3.75. The van der Waals surface area contributed by atoms with Crippen LogP contribution in [0.1, 0.15) is 25.0 Å². The summed E-state index contributed by atoms with van der Waals surface area (Å²) in [7, 11) is 1.92. The second-order valence-corrected chi connectivity index (χ2v) is 3.68. The molecule has 0 radical (unpaired) electrons. The Hall–Kier alpha value is -1.02. The molecule has 0 bridgehead atoms. The Labute approximate surface area is 95.9 Å². The molecule has 0 aliphatic rings. The molecule has 0 unspecified atom stereocenters. The lowest BCUT2D eigenvalue weighted by Gasteiger charge is -2.02. The van der Waals surface area contributed by atoms with Crippen LogP contribution in [-0.4, -0.2) is 9.78 Å². The van der Waals surface area contributed by atoms with Gasteiger partial charge < -0.3 is 0 Å². The van der Waals surface area contributed by atoms with Gasteiger partial charge in [-0.2, -0.15) is 5.10 Å². The Morgan fingerprint density at radius 2 is 1.80 bits per heavy atom. The maximum atomic E-state index is 5.97. The van der Waals surface area contributed by atoms with Crippen molar-refractivity contribution in [2.45, 2.75) is 27.7 Å². The molecule has 2 rings (SSSR count). The lowest BCUT2D eigenvalue weighted by Crippen LogP contribution is -1.92. The highest BCUT2D eigenvalue weighted by Gasteiger charge is 2.09. The summed E-state index contributed by atoms with van der Waals surface area (Å²) in [6.45, 7) is 8.19. The summed E-state index contributed by atoms with van der Waals surface area (Å²) in [6, 6.07) is 4.10. The third-order valence-corrected chi connectivity index (χ3v) is 2.76. The van der Waals surface area contributed by atoms with Crippen LogP contribution in [0.5, 0.6) is 0 Å². The number of rotatable bonds is 0. The molecule has 3 heteroatoms. The molecule has 82 valence electrons. The van der Waals surface area contributed by atoms with Crippen molar-refractivity contribution < 1.29 is 0 Å². The zero-order valence-corrected chi connectivity index (χ0v) is 10.7. The van der Waals surface area contributed by atoms with Gasteiger partial charge in [-0.15, -0.1) is 0 Å². The van der Waals surface area contributed by atoms with Gasteiger partial charge in [0.05, 0.1) is 5.52 Å². The number of benzene rings is 1. The molecular weight excluding hydrogens is 208 g/mol. The van der Waals surface area contributed by atoms with Gasteiger partial charge in [-0.25, -0.2) is 0 Å². The van der Waals surface area contributed by atoms with Crippen molar-refractivity contribution in [3.63, 3.8) is 0 Å². The number of halogens is 1. The Bertz CT molecular complexity index is 472. The number of aromatic nitrogens is 2. The van der Waals surface area contributed by atoms with Crippen molar-refractivity contribution in [3.05, 3.63) is 28.4 Å². The SMILES string of the molecule is CC.Cc1ccc2c(Cl)nn(C)c2c1C. The smallest absolute Gasteiger partial charge is 0.158 e. The average Bonchev–Trinajstić information content (AvgIpc) is 2.51. The van der Waals surface area contributed by atoms with E-state index >= 15 is 0 Å². The quantitative estimate of drug-likeness (QED) is 0.664. The van der Waals surface area contributed by atoms with Crippen LogP contribution in [0.2, 0.25) is 5.15 Å². The van der Waals surface area contributed by atoms with Gasteiger partial charge in [0, 0.05) is 12.4 Å². The molecule has 0 saturated carbocycles. The van der Waals surface area contributed by atoms with Gasteiger partial charge >= 0.3 is 0 Å². The van der Waals surface area contributed by atoms with Gasteiger partial charge in [0.2, 0.25) is 0 Å². The van der Waals surface area contributed by atoms with Crippen molar-refractivity contribution in [3.8, 4) is 0 Å². The lowest BCUT2D eigenvalue weighted by molar-refractivity contribution is 0.794. The topological polar surface area (TPSA) is 17.8 Å². The second-order valence-electron chi connectivity index (χ2n) is 3.32. The monoisotopic (exact) mass is 224 g/mol. The highest BCUT2D eigenvalue weighted by Crippen LogP contribution is 2.26. The van der Waals surface area contributed by atoms with Crippen LogP contribution in [-0.2, 0) is 7.05 Å². The molecular formula is C12H17ClN2. The first-order chi connectivity index (χ1) is 7.11. The van der Waals surface area contributed by atoms with E-state index in [1.54, 1.807) is 0 Å². The maximum absolute atomic E-state index is 5.97. The van der Waals surface area contributed by atoms with Crippen molar-refractivity contribution >= 4 is 22.5 Å². The molecule has 0 fully saturated rings. The molecule has 0 aliphatic heterocycles. The van der Waals surface area contributed by atoms with E-state index in [2.05, 4.69) is 25.0 Å². The van der Waals surface area contributed by atoms with Crippen molar-refractivity contribution in [1.29, 1.82) is 0 Å². The standard InChI is InChI=1S/C10H11ClN2.C2H6/c1-6-4-5-8-9(7(6)2)13(3)12-10(8)11;1-2/h4-5H,1-3H3;1-2H3. The Balaban J connectivity index is 0.000000531. The largest absolute Gasteiger partial charge is 0.266 e. The minimum absolute atomic E-state index is 0.584. The molecule has 15 heavy (non-hydrogen) atoms. The molecule has 1 aromatic carbocycles. The van der Waals surface area contributed by atoms with Crippen LogP contribution in [0.25, 0.3) is 10.9 Å². The van der Waals surface area contributed by atoms with E-state index in [0.29, 0.717) is 5.15 Å². The zero-order valence-electron chi connectivity index (χ0n) is 9.93. The van der Waals surface area contributed by atoms with Crippen molar-refractivity contribution in [1.82, 2.24) is 9.78 Å². The number of aryl methyl sites for hydroxylation is 3. The maximum Gasteiger partial charge on any atom is 0.158 e. The Morgan fingerprint density at radius 3 is 2.40 bits per heavy atom. The second kappa shape index (κ2) is 4.67. The van der Waals surface area contributed by atoms with Gasteiger partial charge in [0.25, 0.3) is 0 Å². The summed E-state index contributed by atoms with van der Waals surface area (Å²) in [5, 5.41) is 5.79.